The van der Waals surface area contributed by atoms with Crippen molar-refractivity contribution in [3.05, 3.63) is 48.1 Å². The summed E-state index contributed by atoms with van der Waals surface area (Å²) >= 11 is 0. The van der Waals surface area contributed by atoms with E-state index in [2.05, 4.69) is 17.7 Å². The smallest absolute Gasteiger partial charge is 0.305 e. The average molecular weight is 346 g/mol. The fraction of sp³-hybridized carbons (Fsp3) is 0.524. The predicted molar refractivity (Wildman–Crippen MR) is 100 cm³/mol. The van der Waals surface area contributed by atoms with Gasteiger partial charge >= 0.3 is 5.97 Å². The molecule has 1 rings (SSSR count). The van der Waals surface area contributed by atoms with Crippen molar-refractivity contribution in [1.82, 2.24) is 0 Å². The molecule has 0 aromatic carbocycles. The van der Waals surface area contributed by atoms with Crippen LogP contribution in [0.1, 0.15) is 58.3 Å². The number of carbonyl (C=O) groups excluding carboxylic acids is 2. The van der Waals surface area contributed by atoms with Crippen LogP contribution < -0.4 is 0 Å². The molecule has 0 spiro atoms. The van der Waals surface area contributed by atoms with E-state index < -0.39 is 5.60 Å². The van der Waals surface area contributed by atoms with Gasteiger partial charge in [-0.2, -0.15) is 0 Å². The molecule has 4 nitrogen and oxygen atoms in total. The van der Waals surface area contributed by atoms with Crippen LogP contribution in [-0.2, 0) is 14.3 Å². The lowest BCUT2D eigenvalue weighted by Gasteiger charge is -2.20. The maximum Gasteiger partial charge on any atom is 0.305 e. The zero-order valence-corrected chi connectivity index (χ0v) is 15.4. The first-order valence-electron chi connectivity index (χ1n) is 9.08. The third kappa shape index (κ3) is 7.65. The fourth-order valence-electron chi connectivity index (χ4n) is 2.63. The van der Waals surface area contributed by atoms with Crippen molar-refractivity contribution >= 4 is 11.8 Å². The van der Waals surface area contributed by atoms with Gasteiger partial charge in [-0.25, -0.2) is 0 Å². The van der Waals surface area contributed by atoms with Gasteiger partial charge in [-0.05, 0) is 37.8 Å². The lowest BCUT2D eigenvalue weighted by Crippen LogP contribution is -2.27. The Morgan fingerprint density at radius 1 is 1.20 bits per heavy atom. The molecule has 0 aromatic rings. The first-order valence-corrected chi connectivity index (χ1v) is 9.08. The largest absolute Gasteiger partial charge is 0.469 e. The molecule has 1 aliphatic carbocycles. The Balaban J connectivity index is 2.51. The summed E-state index contributed by atoms with van der Waals surface area (Å²) in [6.07, 6.45) is 19.1. The number of carbonyl (C=O) groups is 2. The number of methoxy groups -OCH3 is 1. The molecule has 138 valence electrons. The van der Waals surface area contributed by atoms with Gasteiger partial charge in [-0.1, -0.05) is 50.1 Å². The Bertz CT molecular complexity index is 554. The summed E-state index contributed by atoms with van der Waals surface area (Å²) in [4.78, 5) is 23.0. The maximum atomic E-state index is 12.0. The van der Waals surface area contributed by atoms with E-state index in [4.69, 9.17) is 0 Å². The Labute approximate surface area is 151 Å². The number of aliphatic hydroxyl groups is 1. The lowest BCUT2D eigenvalue weighted by molar-refractivity contribution is -0.140. The number of hydrogen-bond donors (Lipinski definition) is 1. The van der Waals surface area contributed by atoms with Crippen LogP contribution in [0, 0.1) is 0 Å². The SMILES string of the molecule is CCCCC/C=C\CC1(O)C=CC(=O)/C1=C/C=C/CCCC(=O)OC. The minimum absolute atomic E-state index is 0.152. The molecule has 0 heterocycles. The van der Waals surface area contributed by atoms with Gasteiger partial charge in [0, 0.05) is 18.4 Å². The number of unbranched alkanes of at least 4 members (excludes halogenated alkanes) is 4. The number of hydrogen-bond acceptors (Lipinski definition) is 4. The average Bonchev–Trinajstić information content (AvgIpc) is 2.89. The van der Waals surface area contributed by atoms with E-state index >= 15 is 0 Å². The number of rotatable bonds is 11. The summed E-state index contributed by atoms with van der Waals surface area (Å²) in [7, 11) is 1.38. The summed E-state index contributed by atoms with van der Waals surface area (Å²) in [6, 6.07) is 0. The standard InChI is InChI=1S/C21H30O4/c1-3-4-5-6-9-12-16-21(24)17-15-19(22)18(21)13-10-7-8-11-14-20(23)25-2/h7,9-10,12-13,15,17,24H,3-6,8,11,14,16H2,1-2H3/b10-7+,12-9-,18-13-. The molecule has 4 heteroatoms. The molecule has 0 aliphatic heterocycles. The second-order valence-electron chi connectivity index (χ2n) is 6.27. The second-order valence-corrected chi connectivity index (χ2v) is 6.27. The van der Waals surface area contributed by atoms with E-state index in [-0.39, 0.29) is 11.8 Å². The van der Waals surface area contributed by atoms with Gasteiger partial charge in [0.25, 0.3) is 0 Å². The highest BCUT2D eigenvalue weighted by atomic mass is 16.5. The number of allylic oxidation sites excluding steroid dienone is 5. The molecule has 0 aromatic heterocycles. The third-order valence-electron chi connectivity index (χ3n) is 4.19. The molecule has 0 fully saturated rings. The van der Waals surface area contributed by atoms with Crippen LogP contribution in [0.4, 0.5) is 0 Å². The van der Waals surface area contributed by atoms with E-state index in [0.717, 1.165) is 19.3 Å². The van der Waals surface area contributed by atoms with Crippen LogP contribution >= 0.6 is 0 Å². The van der Waals surface area contributed by atoms with Gasteiger partial charge in [-0.15, -0.1) is 0 Å². The molecule has 1 N–H and O–H groups in total. The zero-order chi connectivity index (χ0) is 18.5. The molecule has 1 unspecified atom stereocenters. The van der Waals surface area contributed by atoms with Gasteiger partial charge in [-0.3, -0.25) is 9.59 Å². The quantitative estimate of drug-likeness (QED) is 0.263. The fourth-order valence-corrected chi connectivity index (χ4v) is 2.63. The highest BCUT2D eigenvalue weighted by molar-refractivity contribution is 6.09. The monoisotopic (exact) mass is 346 g/mol. The topological polar surface area (TPSA) is 63.6 Å². The Morgan fingerprint density at radius 2 is 1.96 bits per heavy atom. The van der Waals surface area contributed by atoms with Crippen LogP contribution in [0.5, 0.6) is 0 Å². The number of ketones is 1. The van der Waals surface area contributed by atoms with Crippen LogP contribution in [-0.4, -0.2) is 29.6 Å². The van der Waals surface area contributed by atoms with Crippen LogP contribution in [0.15, 0.2) is 48.1 Å². The molecule has 0 saturated carbocycles. The Kier molecular flexibility index (Phi) is 9.78. The van der Waals surface area contributed by atoms with Crippen molar-refractivity contribution in [3.8, 4) is 0 Å². The minimum atomic E-state index is -1.21. The van der Waals surface area contributed by atoms with E-state index in [1.807, 2.05) is 12.2 Å². The molecule has 0 saturated heterocycles. The first kappa shape index (κ1) is 21.1. The van der Waals surface area contributed by atoms with E-state index in [1.165, 1.54) is 26.0 Å². The van der Waals surface area contributed by atoms with Crippen LogP contribution in [0.25, 0.3) is 0 Å². The molecular weight excluding hydrogens is 316 g/mol. The van der Waals surface area contributed by atoms with Crippen molar-refractivity contribution in [1.29, 1.82) is 0 Å². The van der Waals surface area contributed by atoms with E-state index in [9.17, 15) is 14.7 Å². The summed E-state index contributed by atoms with van der Waals surface area (Å²) < 4.78 is 4.58. The molecular formula is C21H30O4. The Hall–Kier alpha value is -1.94. The molecule has 0 radical (unpaired) electrons. The summed E-state index contributed by atoms with van der Waals surface area (Å²) in [5.41, 5.74) is -0.816. The minimum Gasteiger partial charge on any atom is -0.469 e. The van der Waals surface area contributed by atoms with Crippen molar-refractivity contribution in [2.75, 3.05) is 7.11 Å². The summed E-state index contributed by atoms with van der Waals surface area (Å²) in [6.45, 7) is 2.17. The number of ether oxygens (including phenoxy) is 1. The van der Waals surface area contributed by atoms with Crippen molar-refractivity contribution in [2.45, 2.75) is 63.9 Å². The van der Waals surface area contributed by atoms with Crippen molar-refractivity contribution in [2.24, 2.45) is 0 Å². The summed E-state index contributed by atoms with van der Waals surface area (Å²) in [5.74, 6) is -0.372. The molecule has 0 bridgehead atoms. The van der Waals surface area contributed by atoms with Gasteiger partial charge in [0.15, 0.2) is 5.78 Å². The van der Waals surface area contributed by atoms with Crippen LogP contribution in [0.2, 0.25) is 0 Å². The number of esters is 1. The zero-order valence-electron chi connectivity index (χ0n) is 15.4. The van der Waals surface area contributed by atoms with Gasteiger partial charge < -0.3 is 9.84 Å². The Morgan fingerprint density at radius 3 is 2.68 bits per heavy atom. The van der Waals surface area contributed by atoms with Crippen molar-refractivity contribution < 1.29 is 19.4 Å². The molecule has 1 atom stereocenters. The highest BCUT2D eigenvalue weighted by Gasteiger charge is 2.35. The molecule has 25 heavy (non-hydrogen) atoms. The van der Waals surface area contributed by atoms with Gasteiger partial charge in [0.2, 0.25) is 0 Å². The van der Waals surface area contributed by atoms with Gasteiger partial charge in [0.05, 0.1) is 7.11 Å². The second kappa shape index (κ2) is 11.6. The lowest BCUT2D eigenvalue weighted by atomic mass is 9.92. The van der Waals surface area contributed by atoms with E-state index in [0.29, 0.717) is 24.8 Å². The predicted octanol–water partition coefficient (Wildman–Crippen LogP) is 4.21. The maximum absolute atomic E-state index is 12.0. The van der Waals surface area contributed by atoms with Crippen molar-refractivity contribution in [3.63, 3.8) is 0 Å². The molecule has 1 aliphatic rings. The van der Waals surface area contributed by atoms with Gasteiger partial charge in [0.1, 0.15) is 5.60 Å². The van der Waals surface area contributed by atoms with Crippen LogP contribution in [0.3, 0.4) is 0 Å². The third-order valence-corrected chi connectivity index (χ3v) is 4.19. The normalized spacial score (nSPS) is 21.9. The first-order chi connectivity index (χ1) is 12.0. The highest BCUT2D eigenvalue weighted by Crippen LogP contribution is 2.30. The molecule has 0 amide bonds. The van der Waals surface area contributed by atoms with E-state index in [1.54, 1.807) is 18.2 Å². The summed E-state index contributed by atoms with van der Waals surface area (Å²) in [5, 5.41) is 10.7.